The zero-order valence-electron chi connectivity index (χ0n) is 15.2. The lowest BCUT2D eigenvalue weighted by atomic mass is 9.97. The van der Waals surface area contributed by atoms with E-state index in [-0.39, 0.29) is 22.6 Å². The lowest BCUT2D eigenvalue weighted by molar-refractivity contribution is -0.151. The Hall–Kier alpha value is -1.87. The SMILES string of the molecule is CCOC(=O)C1CCN(C(=O)CN(c2ccc(F)c(Cl)c2)S(C)(=O)=O)CC1. The van der Waals surface area contributed by atoms with E-state index in [9.17, 15) is 22.4 Å². The third-order valence-electron chi connectivity index (χ3n) is 4.34. The van der Waals surface area contributed by atoms with Crippen LogP contribution in [0, 0.1) is 11.7 Å². The van der Waals surface area contributed by atoms with E-state index in [1.54, 1.807) is 6.92 Å². The van der Waals surface area contributed by atoms with Crippen LogP contribution in [0.25, 0.3) is 0 Å². The Morgan fingerprint density at radius 3 is 2.48 bits per heavy atom. The van der Waals surface area contributed by atoms with Gasteiger partial charge < -0.3 is 9.64 Å². The maximum absolute atomic E-state index is 13.4. The van der Waals surface area contributed by atoms with Crippen LogP contribution in [0.2, 0.25) is 5.02 Å². The molecule has 1 fully saturated rings. The predicted molar refractivity (Wildman–Crippen MR) is 99.5 cm³/mol. The molecule has 0 saturated carbocycles. The molecule has 0 aliphatic carbocycles. The monoisotopic (exact) mass is 420 g/mol. The Morgan fingerprint density at radius 2 is 1.96 bits per heavy atom. The maximum atomic E-state index is 13.4. The third kappa shape index (κ3) is 5.55. The number of likely N-dealkylation sites (tertiary alicyclic amines) is 1. The van der Waals surface area contributed by atoms with E-state index >= 15 is 0 Å². The van der Waals surface area contributed by atoms with Gasteiger partial charge in [0.25, 0.3) is 0 Å². The van der Waals surface area contributed by atoms with E-state index in [0.29, 0.717) is 32.5 Å². The van der Waals surface area contributed by atoms with Crippen molar-refractivity contribution >= 4 is 39.2 Å². The summed E-state index contributed by atoms with van der Waals surface area (Å²) < 4.78 is 43.5. The molecule has 0 radical (unpaired) electrons. The molecule has 0 N–H and O–H groups in total. The average molecular weight is 421 g/mol. The summed E-state index contributed by atoms with van der Waals surface area (Å²) in [5.41, 5.74) is 0.110. The zero-order chi connectivity index (χ0) is 20.2. The Balaban J connectivity index is 2.07. The number of piperidine rings is 1. The third-order valence-corrected chi connectivity index (χ3v) is 5.77. The number of sulfonamides is 1. The minimum absolute atomic E-state index is 0.110. The fourth-order valence-corrected chi connectivity index (χ4v) is 3.90. The molecule has 1 saturated heterocycles. The van der Waals surface area contributed by atoms with Gasteiger partial charge in [-0.2, -0.15) is 0 Å². The lowest BCUT2D eigenvalue weighted by Gasteiger charge is -2.32. The van der Waals surface area contributed by atoms with Crippen LogP contribution in [0.15, 0.2) is 18.2 Å². The van der Waals surface area contributed by atoms with Gasteiger partial charge in [0.15, 0.2) is 0 Å². The molecule has 2 rings (SSSR count). The highest BCUT2D eigenvalue weighted by Crippen LogP contribution is 2.25. The Morgan fingerprint density at radius 1 is 1.33 bits per heavy atom. The van der Waals surface area contributed by atoms with E-state index in [2.05, 4.69) is 0 Å². The summed E-state index contributed by atoms with van der Waals surface area (Å²) in [4.78, 5) is 25.9. The molecular formula is C17H22ClFN2O5S. The molecule has 1 aliphatic rings. The first-order valence-corrected chi connectivity index (χ1v) is 10.7. The van der Waals surface area contributed by atoms with Crippen LogP contribution in [0.4, 0.5) is 10.1 Å². The number of ether oxygens (including phenoxy) is 1. The van der Waals surface area contributed by atoms with Crippen LogP contribution in [0.5, 0.6) is 0 Å². The molecule has 0 bridgehead atoms. The van der Waals surface area contributed by atoms with Crippen molar-refractivity contribution in [1.82, 2.24) is 4.90 Å². The highest BCUT2D eigenvalue weighted by atomic mass is 35.5. The highest BCUT2D eigenvalue weighted by Gasteiger charge is 2.30. The first-order chi connectivity index (χ1) is 12.6. The van der Waals surface area contributed by atoms with Crippen molar-refractivity contribution in [3.8, 4) is 0 Å². The number of amides is 1. The Labute approximate surface area is 163 Å². The average Bonchev–Trinajstić information content (AvgIpc) is 2.61. The molecule has 27 heavy (non-hydrogen) atoms. The second-order valence-corrected chi connectivity index (χ2v) is 8.59. The van der Waals surface area contributed by atoms with Crippen LogP contribution < -0.4 is 4.31 Å². The molecule has 1 amide bonds. The van der Waals surface area contributed by atoms with Crippen LogP contribution in [-0.4, -0.2) is 57.7 Å². The van der Waals surface area contributed by atoms with Crippen LogP contribution >= 0.6 is 11.6 Å². The van der Waals surface area contributed by atoms with E-state index < -0.39 is 28.3 Å². The molecule has 150 valence electrons. The van der Waals surface area contributed by atoms with Crippen LogP contribution in [0.1, 0.15) is 19.8 Å². The largest absolute Gasteiger partial charge is 0.466 e. The van der Waals surface area contributed by atoms with E-state index in [4.69, 9.17) is 16.3 Å². The van der Waals surface area contributed by atoms with Crippen molar-refractivity contribution in [2.75, 3.05) is 36.8 Å². The van der Waals surface area contributed by atoms with Crippen LogP contribution in [-0.2, 0) is 24.3 Å². The molecule has 1 aromatic rings. The molecule has 7 nitrogen and oxygen atoms in total. The van der Waals surface area contributed by atoms with Gasteiger partial charge in [0.2, 0.25) is 15.9 Å². The number of nitrogens with zero attached hydrogens (tertiary/aromatic N) is 2. The zero-order valence-corrected chi connectivity index (χ0v) is 16.7. The van der Waals surface area contributed by atoms with Crippen molar-refractivity contribution < 1.29 is 27.1 Å². The molecule has 0 aromatic heterocycles. The van der Waals surface area contributed by atoms with Gasteiger partial charge >= 0.3 is 5.97 Å². The lowest BCUT2D eigenvalue weighted by Crippen LogP contribution is -2.46. The smallest absolute Gasteiger partial charge is 0.309 e. The molecule has 10 heteroatoms. The standard InChI is InChI=1S/C17H22ClFN2O5S/c1-3-26-17(23)12-6-8-20(9-7-12)16(22)11-21(27(2,24)25)13-4-5-15(19)14(18)10-13/h4-5,10,12H,3,6-9,11H2,1-2H3. The van der Waals surface area contributed by atoms with Gasteiger partial charge in [-0.1, -0.05) is 11.6 Å². The van der Waals surface area contributed by atoms with Crippen molar-refractivity contribution in [3.63, 3.8) is 0 Å². The van der Waals surface area contributed by atoms with Crippen molar-refractivity contribution in [2.24, 2.45) is 5.92 Å². The number of anilines is 1. The number of halogens is 2. The molecule has 1 aliphatic heterocycles. The summed E-state index contributed by atoms with van der Waals surface area (Å²) in [7, 11) is -3.78. The number of carbonyl (C=O) groups is 2. The first kappa shape index (κ1) is 21.4. The number of esters is 1. The molecular weight excluding hydrogens is 399 g/mol. The van der Waals surface area contributed by atoms with Crippen LogP contribution in [0.3, 0.4) is 0 Å². The summed E-state index contributed by atoms with van der Waals surface area (Å²) in [6, 6.07) is 3.46. The number of hydrogen-bond donors (Lipinski definition) is 0. The number of benzene rings is 1. The summed E-state index contributed by atoms with van der Waals surface area (Å²) in [5, 5.41) is -0.233. The molecule has 0 unspecified atom stereocenters. The Kier molecular flexibility index (Phi) is 7.05. The molecule has 1 heterocycles. The van der Waals surface area contributed by atoms with Gasteiger partial charge in [0, 0.05) is 13.1 Å². The van der Waals surface area contributed by atoms with Gasteiger partial charge in [0.05, 0.1) is 29.5 Å². The quantitative estimate of drug-likeness (QED) is 0.657. The minimum Gasteiger partial charge on any atom is -0.466 e. The second-order valence-electron chi connectivity index (χ2n) is 6.28. The van der Waals surface area contributed by atoms with Crippen molar-refractivity contribution in [1.29, 1.82) is 0 Å². The number of hydrogen-bond acceptors (Lipinski definition) is 5. The van der Waals surface area contributed by atoms with Crippen molar-refractivity contribution in [3.05, 3.63) is 29.0 Å². The topological polar surface area (TPSA) is 84.0 Å². The normalized spacial score (nSPS) is 15.5. The van der Waals surface area contributed by atoms with Gasteiger partial charge in [-0.15, -0.1) is 0 Å². The van der Waals surface area contributed by atoms with E-state index in [1.807, 2.05) is 0 Å². The summed E-state index contributed by atoms with van der Waals surface area (Å²) in [6.45, 7) is 2.29. The first-order valence-electron chi connectivity index (χ1n) is 8.50. The van der Waals surface area contributed by atoms with E-state index in [0.717, 1.165) is 22.7 Å². The molecule has 0 atom stereocenters. The maximum Gasteiger partial charge on any atom is 0.309 e. The van der Waals surface area contributed by atoms with Gasteiger partial charge in [-0.25, -0.2) is 12.8 Å². The van der Waals surface area contributed by atoms with Gasteiger partial charge in [0.1, 0.15) is 12.4 Å². The summed E-state index contributed by atoms with van der Waals surface area (Å²) >= 11 is 5.73. The van der Waals surface area contributed by atoms with Crippen molar-refractivity contribution in [2.45, 2.75) is 19.8 Å². The fraction of sp³-hybridized carbons (Fsp3) is 0.529. The van der Waals surface area contributed by atoms with Gasteiger partial charge in [-0.05, 0) is 38.0 Å². The summed E-state index contributed by atoms with van der Waals surface area (Å²) in [6.07, 6.45) is 1.89. The summed E-state index contributed by atoms with van der Waals surface area (Å²) in [5.74, 6) is -1.61. The fourth-order valence-electron chi connectivity index (χ4n) is 2.89. The predicted octanol–water partition coefficient (Wildman–Crippen LogP) is 2.05. The minimum atomic E-state index is -3.78. The second kappa shape index (κ2) is 8.88. The Bertz CT molecular complexity index is 810. The molecule has 1 aromatic carbocycles. The van der Waals surface area contributed by atoms with E-state index in [1.165, 1.54) is 11.0 Å². The van der Waals surface area contributed by atoms with Gasteiger partial charge in [-0.3, -0.25) is 13.9 Å². The number of rotatable bonds is 6. The number of carbonyl (C=O) groups excluding carboxylic acids is 2. The highest BCUT2D eigenvalue weighted by molar-refractivity contribution is 7.92. The molecule has 0 spiro atoms.